The second-order valence-electron chi connectivity index (χ2n) is 1.51. The lowest BCUT2D eigenvalue weighted by atomic mass is 10.4. The maximum absolute atomic E-state index is 12.3. The summed E-state index contributed by atoms with van der Waals surface area (Å²) in [4.78, 5) is 0. The molecule has 0 fully saturated rings. The number of rotatable bonds is 1. The minimum absolute atomic E-state index is 0.110. The van der Waals surface area contributed by atoms with Crippen LogP contribution in [0.25, 0.3) is 0 Å². The Morgan fingerprint density at radius 2 is 2.44 bits per heavy atom. The molecule has 1 nitrogen and oxygen atoms in total. The quantitative estimate of drug-likeness (QED) is 0.754. The van der Waals surface area contributed by atoms with Crippen LogP contribution in [-0.4, -0.2) is 5.11 Å². The lowest BCUT2D eigenvalue weighted by molar-refractivity contribution is 0.281. The first-order chi connectivity index (χ1) is 4.24. The Morgan fingerprint density at radius 3 is 2.67 bits per heavy atom. The fraction of sp³-hybridized carbons (Fsp3) is 0.200. The van der Waals surface area contributed by atoms with Crippen molar-refractivity contribution in [3.05, 3.63) is 20.5 Å². The van der Waals surface area contributed by atoms with Gasteiger partial charge in [0.15, 0.2) is 5.13 Å². The first-order valence-corrected chi connectivity index (χ1v) is 3.89. The molecular formula is C5H4BrFOS. The van der Waals surface area contributed by atoms with Crippen LogP contribution in [0.1, 0.15) is 5.56 Å². The number of halogens is 2. The Kier molecular flexibility index (Phi) is 2.21. The van der Waals surface area contributed by atoms with Crippen molar-refractivity contribution >= 4 is 27.3 Å². The lowest BCUT2D eigenvalue weighted by Crippen LogP contribution is -1.75. The first kappa shape index (κ1) is 7.18. The molecule has 1 N–H and O–H groups in total. The second kappa shape index (κ2) is 2.77. The van der Waals surface area contributed by atoms with Crippen molar-refractivity contribution in [1.29, 1.82) is 0 Å². The van der Waals surface area contributed by atoms with E-state index in [1.165, 1.54) is 6.07 Å². The molecule has 0 saturated carbocycles. The van der Waals surface area contributed by atoms with Gasteiger partial charge in [0.25, 0.3) is 0 Å². The van der Waals surface area contributed by atoms with Crippen LogP contribution in [0.5, 0.6) is 0 Å². The van der Waals surface area contributed by atoms with Gasteiger partial charge in [-0.25, -0.2) is 0 Å². The fourth-order valence-electron chi connectivity index (χ4n) is 0.482. The third-order valence-corrected chi connectivity index (χ3v) is 2.65. The molecule has 4 heteroatoms. The van der Waals surface area contributed by atoms with Crippen molar-refractivity contribution in [3.8, 4) is 0 Å². The molecular weight excluding hydrogens is 207 g/mol. The molecule has 9 heavy (non-hydrogen) atoms. The average Bonchev–Trinajstić information content (AvgIpc) is 2.10. The average molecular weight is 211 g/mol. The van der Waals surface area contributed by atoms with Gasteiger partial charge in [0, 0.05) is 5.56 Å². The summed E-state index contributed by atoms with van der Waals surface area (Å²) in [5.41, 5.74) is 0.609. The maximum atomic E-state index is 12.3. The molecule has 0 bridgehead atoms. The predicted octanol–water partition coefficient (Wildman–Crippen LogP) is 2.14. The normalized spacial score (nSPS) is 10.1. The molecule has 0 spiro atoms. The van der Waals surface area contributed by atoms with Gasteiger partial charge in [0.05, 0.1) is 10.4 Å². The largest absolute Gasteiger partial charge is 0.392 e. The van der Waals surface area contributed by atoms with Crippen LogP contribution in [0.3, 0.4) is 0 Å². The summed E-state index contributed by atoms with van der Waals surface area (Å²) in [5, 5.41) is 8.27. The van der Waals surface area contributed by atoms with E-state index in [-0.39, 0.29) is 11.7 Å². The van der Waals surface area contributed by atoms with Crippen LogP contribution in [-0.2, 0) is 6.61 Å². The number of hydrogen-bond donors (Lipinski definition) is 1. The van der Waals surface area contributed by atoms with Gasteiger partial charge in [-0.05, 0) is 22.0 Å². The van der Waals surface area contributed by atoms with E-state index in [1.807, 2.05) is 0 Å². The van der Waals surface area contributed by atoms with E-state index in [2.05, 4.69) is 15.9 Å². The Bertz CT molecular complexity index is 211. The molecule has 0 aliphatic rings. The Labute approximate surface area is 64.3 Å². The molecule has 0 aliphatic carbocycles. The molecule has 0 saturated heterocycles. The molecule has 0 aromatic carbocycles. The zero-order valence-electron chi connectivity index (χ0n) is 4.40. The standard InChI is InChI=1S/C5H4BrFOS/c6-5-3(2-8)1-4(7)9-5/h1,8H,2H2. The highest BCUT2D eigenvalue weighted by molar-refractivity contribution is 9.11. The number of aliphatic hydroxyl groups excluding tert-OH is 1. The topological polar surface area (TPSA) is 20.2 Å². The summed E-state index contributed by atoms with van der Waals surface area (Å²) in [7, 11) is 0. The van der Waals surface area contributed by atoms with E-state index >= 15 is 0 Å². The SMILES string of the molecule is OCc1cc(F)sc1Br. The summed E-state index contributed by atoms with van der Waals surface area (Å²) in [6.07, 6.45) is 0. The van der Waals surface area contributed by atoms with Crippen molar-refractivity contribution in [2.24, 2.45) is 0 Å². The second-order valence-corrected chi connectivity index (χ2v) is 3.83. The van der Waals surface area contributed by atoms with Gasteiger partial charge in [-0.3, -0.25) is 0 Å². The van der Waals surface area contributed by atoms with Crippen LogP contribution in [0, 0.1) is 5.13 Å². The van der Waals surface area contributed by atoms with E-state index < -0.39 is 0 Å². The monoisotopic (exact) mass is 210 g/mol. The van der Waals surface area contributed by atoms with Gasteiger partial charge in [-0.2, -0.15) is 4.39 Å². The van der Waals surface area contributed by atoms with Crippen LogP contribution < -0.4 is 0 Å². The maximum Gasteiger partial charge on any atom is 0.177 e. The van der Waals surface area contributed by atoms with Crippen molar-refractivity contribution in [2.45, 2.75) is 6.61 Å². The predicted molar refractivity (Wildman–Crippen MR) is 37.9 cm³/mol. The van der Waals surface area contributed by atoms with Crippen LogP contribution in [0.15, 0.2) is 9.85 Å². The van der Waals surface area contributed by atoms with Crippen LogP contribution >= 0.6 is 27.3 Å². The van der Waals surface area contributed by atoms with Gasteiger partial charge < -0.3 is 5.11 Å². The molecule has 1 rings (SSSR count). The van der Waals surface area contributed by atoms with Gasteiger partial charge in [-0.1, -0.05) is 11.3 Å². The highest BCUT2D eigenvalue weighted by Gasteiger charge is 2.03. The van der Waals surface area contributed by atoms with E-state index in [0.29, 0.717) is 9.35 Å². The third kappa shape index (κ3) is 1.50. The smallest absolute Gasteiger partial charge is 0.177 e. The minimum atomic E-state index is -0.272. The molecule has 0 unspecified atom stereocenters. The molecule has 1 aromatic rings. The van der Waals surface area contributed by atoms with E-state index in [4.69, 9.17) is 5.11 Å². The zero-order chi connectivity index (χ0) is 6.85. The van der Waals surface area contributed by atoms with E-state index in [0.717, 1.165) is 11.3 Å². The fourth-order valence-corrected chi connectivity index (χ4v) is 1.81. The summed E-state index contributed by atoms with van der Waals surface area (Å²) >= 11 is 4.08. The number of aliphatic hydroxyl groups is 1. The zero-order valence-corrected chi connectivity index (χ0v) is 6.80. The molecule has 1 heterocycles. The first-order valence-electron chi connectivity index (χ1n) is 2.28. The molecule has 0 atom stereocenters. The Balaban J connectivity index is 3.01. The minimum Gasteiger partial charge on any atom is -0.392 e. The van der Waals surface area contributed by atoms with Crippen molar-refractivity contribution in [1.82, 2.24) is 0 Å². The summed E-state index contributed by atoms with van der Waals surface area (Å²) < 4.78 is 12.9. The summed E-state index contributed by atoms with van der Waals surface area (Å²) in [5.74, 6) is 0. The van der Waals surface area contributed by atoms with Gasteiger partial charge >= 0.3 is 0 Å². The molecule has 0 aliphatic heterocycles. The van der Waals surface area contributed by atoms with Gasteiger partial charge in [0.2, 0.25) is 0 Å². The van der Waals surface area contributed by atoms with E-state index in [9.17, 15) is 4.39 Å². The van der Waals surface area contributed by atoms with Crippen LogP contribution in [0.2, 0.25) is 0 Å². The summed E-state index contributed by atoms with van der Waals surface area (Å²) in [6, 6.07) is 1.31. The highest BCUT2D eigenvalue weighted by Crippen LogP contribution is 2.26. The highest BCUT2D eigenvalue weighted by atomic mass is 79.9. The van der Waals surface area contributed by atoms with Crippen molar-refractivity contribution in [2.75, 3.05) is 0 Å². The third-order valence-electron chi connectivity index (χ3n) is 0.898. The molecule has 0 amide bonds. The van der Waals surface area contributed by atoms with Crippen molar-refractivity contribution < 1.29 is 9.50 Å². The Hall–Kier alpha value is 0.0700. The molecule has 1 aromatic heterocycles. The number of thiophene rings is 1. The lowest BCUT2D eigenvalue weighted by Gasteiger charge is -1.85. The van der Waals surface area contributed by atoms with Crippen molar-refractivity contribution in [3.63, 3.8) is 0 Å². The van der Waals surface area contributed by atoms with Gasteiger partial charge in [-0.15, -0.1) is 0 Å². The molecule has 0 radical (unpaired) electrons. The Morgan fingerprint density at radius 1 is 1.78 bits per heavy atom. The van der Waals surface area contributed by atoms with Crippen LogP contribution in [0.4, 0.5) is 4.39 Å². The summed E-state index contributed by atoms with van der Waals surface area (Å²) in [6.45, 7) is -0.110. The van der Waals surface area contributed by atoms with E-state index in [1.54, 1.807) is 0 Å². The molecule has 50 valence electrons. The number of hydrogen-bond acceptors (Lipinski definition) is 2. The van der Waals surface area contributed by atoms with Gasteiger partial charge in [0.1, 0.15) is 0 Å².